The summed E-state index contributed by atoms with van der Waals surface area (Å²) in [5.41, 5.74) is 6.78. The number of anilines is 1. The Kier molecular flexibility index (Phi) is 6.72. The number of amides is 2. The summed E-state index contributed by atoms with van der Waals surface area (Å²) >= 11 is 6.20. The Balaban J connectivity index is 0.00000225. The fourth-order valence-electron chi connectivity index (χ4n) is 3.80. The molecule has 0 aromatic heterocycles. The van der Waals surface area contributed by atoms with Gasteiger partial charge in [0.1, 0.15) is 6.04 Å². The van der Waals surface area contributed by atoms with Gasteiger partial charge in [0, 0.05) is 26.1 Å². The second-order valence-corrected chi connectivity index (χ2v) is 7.22. The number of para-hydroxylation sites is 1. The van der Waals surface area contributed by atoms with Crippen molar-refractivity contribution in [2.24, 2.45) is 11.7 Å². The van der Waals surface area contributed by atoms with Crippen LogP contribution in [0, 0.1) is 5.92 Å². The average Bonchev–Trinajstić information content (AvgIpc) is 3.13. The van der Waals surface area contributed by atoms with Crippen molar-refractivity contribution in [3.63, 3.8) is 0 Å². The highest BCUT2D eigenvalue weighted by Gasteiger charge is 2.38. The molecule has 1 aromatic rings. The minimum Gasteiger partial charge on any atom is -0.334 e. The Hall–Kier alpha value is -1.30. The third kappa shape index (κ3) is 4.10. The van der Waals surface area contributed by atoms with Crippen LogP contribution >= 0.6 is 24.0 Å². The first-order chi connectivity index (χ1) is 11.5. The average molecular weight is 386 g/mol. The molecule has 1 unspecified atom stereocenters. The number of nitrogens with two attached hydrogens (primary N) is 1. The second kappa shape index (κ2) is 8.39. The maximum absolute atomic E-state index is 12.8. The highest BCUT2D eigenvalue weighted by molar-refractivity contribution is 6.34. The molecule has 0 radical (unpaired) electrons. The molecule has 0 spiro atoms. The third-order valence-corrected chi connectivity index (χ3v) is 5.66. The first kappa shape index (κ1) is 20.0. The lowest BCUT2D eigenvalue weighted by molar-refractivity contribution is -0.137. The van der Waals surface area contributed by atoms with Gasteiger partial charge in [-0.2, -0.15) is 0 Å². The zero-order chi connectivity index (χ0) is 17.3. The lowest BCUT2D eigenvalue weighted by Gasteiger charge is -2.26. The Morgan fingerprint density at radius 3 is 2.68 bits per heavy atom. The summed E-state index contributed by atoms with van der Waals surface area (Å²) in [6, 6.07) is 7.01. The molecule has 3 rings (SSSR count). The Bertz CT molecular complexity index is 641. The molecule has 2 amide bonds. The molecule has 25 heavy (non-hydrogen) atoms. The Labute approximate surface area is 159 Å². The SMILES string of the molecule is CN(C(=O)C[C@@H]1CCC[C@H]1N)C1CCN(c2ccccc2Cl)C1=O.Cl. The van der Waals surface area contributed by atoms with Gasteiger partial charge in [0.25, 0.3) is 0 Å². The second-order valence-electron chi connectivity index (χ2n) is 6.81. The molecule has 3 atom stereocenters. The number of carbonyl (C=O) groups excluding carboxylic acids is 2. The van der Waals surface area contributed by atoms with Crippen molar-refractivity contribution in [3.05, 3.63) is 29.3 Å². The van der Waals surface area contributed by atoms with E-state index in [1.165, 1.54) is 0 Å². The first-order valence-corrected chi connectivity index (χ1v) is 8.94. The molecule has 1 aliphatic carbocycles. The molecule has 1 aromatic carbocycles. The van der Waals surface area contributed by atoms with E-state index >= 15 is 0 Å². The fourth-order valence-corrected chi connectivity index (χ4v) is 4.03. The van der Waals surface area contributed by atoms with E-state index in [1.54, 1.807) is 22.9 Å². The van der Waals surface area contributed by atoms with Crippen LogP contribution in [0.5, 0.6) is 0 Å². The van der Waals surface area contributed by atoms with Crippen LogP contribution in [-0.2, 0) is 9.59 Å². The molecular weight excluding hydrogens is 361 g/mol. The molecule has 2 N–H and O–H groups in total. The summed E-state index contributed by atoms with van der Waals surface area (Å²) in [6.07, 6.45) is 4.15. The summed E-state index contributed by atoms with van der Waals surface area (Å²) < 4.78 is 0. The van der Waals surface area contributed by atoms with Crippen LogP contribution in [0.25, 0.3) is 0 Å². The zero-order valence-corrected chi connectivity index (χ0v) is 15.9. The van der Waals surface area contributed by atoms with Crippen molar-refractivity contribution in [2.75, 3.05) is 18.5 Å². The van der Waals surface area contributed by atoms with Crippen LogP contribution in [0.4, 0.5) is 5.69 Å². The van der Waals surface area contributed by atoms with Gasteiger partial charge in [-0.05, 0) is 37.3 Å². The van der Waals surface area contributed by atoms with Crippen LogP contribution in [0.15, 0.2) is 24.3 Å². The van der Waals surface area contributed by atoms with Crippen molar-refractivity contribution < 1.29 is 9.59 Å². The molecule has 1 aliphatic heterocycles. The van der Waals surface area contributed by atoms with E-state index in [1.807, 2.05) is 18.2 Å². The van der Waals surface area contributed by atoms with Crippen molar-refractivity contribution >= 4 is 41.5 Å². The van der Waals surface area contributed by atoms with Crippen molar-refractivity contribution in [2.45, 2.75) is 44.2 Å². The van der Waals surface area contributed by atoms with Gasteiger partial charge in [-0.15, -0.1) is 12.4 Å². The van der Waals surface area contributed by atoms with E-state index in [9.17, 15) is 9.59 Å². The van der Waals surface area contributed by atoms with Gasteiger partial charge in [0.15, 0.2) is 0 Å². The van der Waals surface area contributed by atoms with Crippen LogP contribution in [0.3, 0.4) is 0 Å². The molecule has 1 saturated heterocycles. The van der Waals surface area contributed by atoms with Gasteiger partial charge in [-0.25, -0.2) is 0 Å². The third-order valence-electron chi connectivity index (χ3n) is 5.34. The number of rotatable bonds is 4. The minimum absolute atomic E-state index is 0. The van der Waals surface area contributed by atoms with E-state index in [0.29, 0.717) is 30.1 Å². The summed E-state index contributed by atoms with van der Waals surface area (Å²) in [4.78, 5) is 28.6. The Morgan fingerprint density at radius 2 is 2.04 bits per heavy atom. The number of halogens is 2. The smallest absolute Gasteiger partial charge is 0.249 e. The summed E-state index contributed by atoms with van der Waals surface area (Å²) in [6.45, 7) is 0.577. The highest BCUT2D eigenvalue weighted by atomic mass is 35.5. The molecule has 0 bridgehead atoms. The largest absolute Gasteiger partial charge is 0.334 e. The normalized spacial score (nSPS) is 25.8. The van der Waals surface area contributed by atoms with E-state index < -0.39 is 6.04 Å². The number of benzene rings is 1. The summed E-state index contributed by atoms with van der Waals surface area (Å²) in [7, 11) is 1.72. The number of likely N-dealkylation sites (N-methyl/N-ethyl adjacent to an activating group) is 1. The molecule has 7 heteroatoms. The Morgan fingerprint density at radius 1 is 1.32 bits per heavy atom. The maximum Gasteiger partial charge on any atom is 0.249 e. The molecule has 2 fully saturated rings. The van der Waals surface area contributed by atoms with E-state index in [4.69, 9.17) is 17.3 Å². The van der Waals surface area contributed by atoms with Crippen molar-refractivity contribution in [1.82, 2.24) is 4.90 Å². The molecule has 2 aliphatic rings. The van der Waals surface area contributed by atoms with Gasteiger partial charge in [-0.3, -0.25) is 9.59 Å². The molecular formula is C18H25Cl2N3O2. The van der Waals surface area contributed by atoms with E-state index in [2.05, 4.69) is 0 Å². The fraction of sp³-hybridized carbons (Fsp3) is 0.556. The molecule has 5 nitrogen and oxygen atoms in total. The lowest BCUT2D eigenvalue weighted by atomic mass is 9.99. The topological polar surface area (TPSA) is 66.6 Å². The van der Waals surface area contributed by atoms with Gasteiger partial charge in [0.05, 0.1) is 10.7 Å². The zero-order valence-electron chi connectivity index (χ0n) is 14.4. The monoisotopic (exact) mass is 385 g/mol. The minimum atomic E-state index is -0.411. The number of hydrogen-bond acceptors (Lipinski definition) is 3. The number of carbonyl (C=O) groups is 2. The maximum atomic E-state index is 12.8. The van der Waals surface area contributed by atoms with Gasteiger partial charge in [-0.1, -0.05) is 30.2 Å². The quantitative estimate of drug-likeness (QED) is 0.866. The standard InChI is InChI=1S/C18H24ClN3O2.ClH/c1-21(17(23)11-12-5-4-7-14(12)20)16-9-10-22(18(16)24)15-8-3-2-6-13(15)19;/h2-3,6,8,12,14,16H,4-5,7,9-11,20H2,1H3;1H/t12-,14+,16?;/m0./s1. The van der Waals surface area contributed by atoms with Crippen molar-refractivity contribution in [3.8, 4) is 0 Å². The molecule has 138 valence electrons. The van der Waals surface area contributed by atoms with E-state index in [-0.39, 0.29) is 36.2 Å². The number of hydrogen-bond donors (Lipinski definition) is 1. The molecule has 1 saturated carbocycles. The first-order valence-electron chi connectivity index (χ1n) is 8.56. The van der Waals surface area contributed by atoms with E-state index in [0.717, 1.165) is 19.3 Å². The summed E-state index contributed by atoms with van der Waals surface area (Å²) in [5.74, 6) is 0.197. The van der Waals surface area contributed by atoms with Crippen LogP contribution in [-0.4, -0.2) is 42.4 Å². The van der Waals surface area contributed by atoms with Crippen LogP contribution < -0.4 is 10.6 Å². The van der Waals surface area contributed by atoms with Crippen molar-refractivity contribution in [1.29, 1.82) is 0 Å². The highest BCUT2D eigenvalue weighted by Crippen LogP contribution is 2.31. The predicted octanol–water partition coefficient (Wildman–Crippen LogP) is 2.84. The summed E-state index contributed by atoms with van der Waals surface area (Å²) in [5, 5.41) is 0.553. The van der Waals surface area contributed by atoms with Gasteiger partial charge >= 0.3 is 0 Å². The molecule has 1 heterocycles. The lowest BCUT2D eigenvalue weighted by Crippen LogP contribution is -2.44. The van der Waals surface area contributed by atoms with Gasteiger partial charge in [0.2, 0.25) is 11.8 Å². The van der Waals surface area contributed by atoms with Crippen LogP contribution in [0.1, 0.15) is 32.1 Å². The van der Waals surface area contributed by atoms with Gasteiger partial charge < -0.3 is 15.5 Å². The predicted molar refractivity (Wildman–Crippen MR) is 102 cm³/mol. The number of nitrogens with zero attached hydrogens (tertiary/aromatic N) is 2. The van der Waals surface area contributed by atoms with Crippen LogP contribution in [0.2, 0.25) is 5.02 Å².